The van der Waals surface area contributed by atoms with Crippen LogP contribution in [-0.2, 0) is 0 Å². The average Bonchev–Trinajstić information content (AvgIpc) is 1.70. The normalized spacial score (nSPS) is 11.8. The van der Waals surface area contributed by atoms with Crippen LogP contribution in [0.4, 0.5) is 0 Å². The van der Waals surface area contributed by atoms with Crippen LogP contribution in [0.5, 0.6) is 0 Å². The second kappa shape index (κ2) is 34.7. The summed E-state index contributed by atoms with van der Waals surface area (Å²) in [5, 5.41) is 21.4. The Kier molecular flexibility index (Phi) is 19.9. The highest BCUT2D eigenvalue weighted by Crippen LogP contribution is 2.45. The zero-order valence-electron chi connectivity index (χ0n) is 79.4. The molecule has 12 bridgehead atoms. The first-order valence-electron chi connectivity index (χ1n) is 49.8. The maximum atomic E-state index is 6.61. The topological polar surface area (TPSA) is 86.3 Å². The highest BCUT2D eigenvalue weighted by molar-refractivity contribution is 7.26. The van der Waals surface area contributed by atoms with Gasteiger partial charge in [0.05, 0.1) is 60.2 Å². The van der Waals surface area contributed by atoms with E-state index < -0.39 is 0 Å². The van der Waals surface area contributed by atoms with Gasteiger partial charge in [0.25, 0.3) is 0 Å². The zero-order chi connectivity index (χ0) is 96.7. The highest BCUT2D eigenvalue weighted by Gasteiger charge is 2.24. The van der Waals surface area contributed by atoms with Gasteiger partial charge in [0.2, 0.25) is 5.95 Å². The highest BCUT2D eigenvalue weighted by atomic mass is 32.1. The molecule has 11 nitrogen and oxygen atoms in total. The molecular weight excluding hydrogens is 1810 g/mol. The molecule has 0 saturated heterocycles. The Morgan fingerprint density at radius 3 is 1.00 bits per heavy atom. The number of fused-ring (bicyclic) bond motifs is 15. The SMILES string of the molecule is c1ccc(-c2ccc(-n3c4ccc5cccc(c5c4)n(-c4cccc5c4oc4ccccc45)c4ccc5cccc3c5c4)cc2)cc1.c1ccc(-c2nc(-c3ccccc3)nc(-n3c4ccc5cccc(c5c4)n(-c4ccccc4)c4ccc5cccc3c5c4)n2)cc1.c1ccc(-n2c3ccccc3c3cc(-n4c5ccc6cccc(c6c5)n(-c5cccc6c5sc5ccccc56)c5ccc6cccc4c6c5)ccc32)cc1. The molecular formula is C135H86N10OS. The van der Waals surface area contributed by atoms with E-state index in [0.717, 1.165) is 144 Å². The summed E-state index contributed by atoms with van der Waals surface area (Å²) in [6.07, 6.45) is 0. The van der Waals surface area contributed by atoms with Crippen molar-refractivity contribution in [3.63, 3.8) is 0 Å². The summed E-state index contributed by atoms with van der Waals surface area (Å²) >= 11 is 1.88. The number of rotatable bonds is 10. The second-order valence-electron chi connectivity index (χ2n) is 37.8. The fourth-order valence-electron chi connectivity index (χ4n) is 22.6. The predicted octanol–water partition coefficient (Wildman–Crippen LogP) is 35.9. The summed E-state index contributed by atoms with van der Waals surface area (Å²) in [6, 6.07) is 187. The summed E-state index contributed by atoms with van der Waals surface area (Å²) in [5.74, 6) is 1.81. The van der Waals surface area contributed by atoms with E-state index in [0.29, 0.717) is 17.6 Å². The van der Waals surface area contributed by atoms with E-state index in [1.807, 2.05) is 78.1 Å². The molecule has 0 saturated carbocycles. The third-order valence-electron chi connectivity index (χ3n) is 29.4. The molecule has 0 atom stereocenters. The maximum Gasteiger partial charge on any atom is 0.238 e. The molecule has 147 heavy (non-hydrogen) atoms. The van der Waals surface area contributed by atoms with Crippen molar-refractivity contribution in [1.29, 1.82) is 0 Å². The third-order valence-corrected chi connectivity index (χ3v) is 30.6. The van der Waals surface area contributed by atoms with Crippen molar-refractivity contribution < 1.29 is 4.42 Å². The van der Waals surface area contributed by atoms with E-state index >= 15 is 0 Å². The molecule has 0 aliphatic rings. The minimum atomic E-state index is 0.558. The molecule has 0 N–H and O–H groups in total. The number of hydrogen-bond donors (Lipinski definition) is 0. The molecule has 0 amide bonds. The van der Waals surface area contributed by atoms with Gasteiger partial charge in [-0.15, -0.1) is 11.3 Å². The summed E-state index contributed by atoms with van der Waals surface area (Å²) in [7, 11) is 0. The number of benzene rings is 24. The lowest BCUT2D eigenvalue weighted by Crippen LogP contribution is -2.08. The number of nitrogens with zero attached hydrogens (tertiary/aromatic N) is 10. The largest absolute Gasteiger partial charge is 0.454 e. The quantitative estimate of drug-likeness (QED) is 0.137. The smallest absolute Gasteiger partial charge is 0.238 e. The van der Waals surface area contributed by atoms with E-state index in [4.69, 9.17) is 19.4 Å². The summed E-state index contributed by atoms with van der Waals surface area (Å²) in [4.78, 5) is 15.3. The van der Waals surface area contributed by atoms with Crippen LogP contribution in [0.15, 0.2) is 526 Å². The molecule has 0 aliphatic carbocycles. The Labute approximate surface area is 846 Å². The van der Waals surface area contributed by atoms with Gasteiger partial charge in [0, 0.05) is 136 Å². The van der Waals surface area contributed by atoms with Crippen LogP contribution in [0, 0.1) is 0 Å². The van der Waals surface area contributed by atoms with E-state index in [-0.39, 0.29) is 0 Å². The van der Waals surface area contributed by atoms with Crippen LogP contribution in [0.3, 0.4) is 0 Å². The third kappa shape index (κ3) is 14.3. The van der Waals surface area contributed by atoms with Gasteiger partial charge in [-0.1, -0.05) is 328 Å². The van der Waals surface area contributed by atoms with Crippen molar-refractivity contribution in [1.82, 2.24) is 46.9 Å². The van der Waals surface area contributed by atoms with Crippen molar-refractivity contribution in [3.8, 4) is 74.0 Å². The Balaban J connectivity index is 0.000000105. The molecule has 0 radical (unpaired) electrons. The molecule has 31 rings (SSSR count). The van der Waals surface area contributed by atoms with E-state index in [2.05, 4.69) is 487 Å². The average molecular weight is 1900 g/mol. The van der Waals surface area contributed by atoms with Crippen LogP contribution in [-0.4, -0.2) is 46.9 Å². The van der Waals surface area contributed by atoms with Gasteiger partial charge in [0.15, 0.2) is 17.2 Å². The molecule has 7 aromatic heterocycles. The van der Waals surface area contributed by atoms with Crippen molar-refractivity contribution in [2.45, 2.75) is 0 Å². The number of aromatic nitrogens is 10. The van der Waals surface area contributed by atoms with Crippen molar-refractivity contribution >= 4 is 206 Å². The van der Waals surface area contributed by atoms with Gasteiger partial charge < -0.3 is 31.8 Å². The Bertz CT molecular complexity index is 10800. The second-order valence-corrected chi connectivity index (χ2v) is 38.8. The molecule has 7 heterocycles. The first kappa shape index (κ1) is 84.4. The zero-order valence-corrected chi connectivity index (χ0v) is 80.3. The predicted molar refractivity (Wildman–Crippen MR) is 616 cm³/mol. The van der Waals surface area contributed by atoms with Crippen molar-refractivity contribution in [3.05, 3.63) is 522 Å². The number of furan rings is 1. The minimum Gasteiger partial charge on any atom is -0.454 e. The molecule has 0 unspecified atom stereocenters. The fraction of sp³-hybridized carbons (Fsp3) is 0. The Morgan fingerprint density at radius 2 is 0.503 bits per heavy atom. The van der Waals surface area contributed by atoms with Gasteiger partial charge in [0.1, 0.15) is 5.58 Å². The first-order valence-corrected chi connectivity index (χ1v) is 50.6. The van der Waals surface area contributed by atoms with Crippen LogP contribution in [0.2, 0.25) is 0 Å². The van der Waals surface area contributed by atoms with Gasteiger partial charge in [-0.3, -0.25) is 4.57 Å². The maximum absolute atomic E-state index is 6.61. The van der Waals surface area contributed by atoms with Crippen molar-refractivity contribution in [2.75, 3.05) is 0 Å². The minimum absolute atomic E-state index is 0.558. The van der Waals surface area contributed by atoms with Crippen LogP contribution >= 0.6 is 11.3 Å². The van der Waals surface area contributed by atoms with Crippen LogP contribution in [0.1, 0.15) is 0 Å². The van der Waals surface area contributed by atoms with Crippen LogP contribution in [0.25, 0.3) is 269 Å². The Morgan fingerprint density at radius 1 is 0.177 bits per heavy atom. The molecule has 24 aromatic carbocycles. The summed E-state index contributed by atoms with van der Waals surface area (Å²) < 4.78 is 25.8. The van der Waals surface area contributed by atoms with E-state index in [1.54, 1.807) is 0 Å². The molecule has 688 valence electrons. The summed E-state index contributed by atoms with van der Waals surface area (Å²) in [6.45, 7) is 0. The van der Waals surface area contributed by atoms with E-state index in [9.17, 15) is 0 Å². The number of para-hydroxylation sites is 5. The number of thiophene rings is 1. The van der Waals surface area contributed by atoms with Crippen molar-refractivity contribution in [2.24, 2.45) is 0 Å². The molecule has 12 heteroatoms. The van der Waals surface area contributed by atoms with Gasteiger partial charge in [-0.2, -0.15) is 9.97 Å². The monoisotopic (exact) mass is 1890 g/mol. The van der Waals surface area contributed by atoms with Gasteiger partial charge in [-0.05, 0) is 238 Å². The summed E-state index contributed by atoms with van der Waals surface area (Å²) in [5.41, 5.74) is 28.3. The molecule has 0 aliphatic heterocycles. The Hall–Kier alpha value is -19.5. The van der Waals surface area contributed by atoms with E-state index in [1.165, 1.54) is 107 Å². The van der Waals surface area contributed by atoms with Crippen LogP contribution < -0.4 is 0 Å². The lowest BCUT2D eigenvalue weighted by molar-refractivity contribution is 0.666. The lowest BCUT2D eigenvalue weighted by atomic mass is 10.0. The first-order chi connectivity index (χ1) is 72.9. The fourth-order valence-corrected chi connectivity index (χ4v) is 23.8. The molecule has 31 aromatic rings. The number of hydrogen-bond acceptors (Lipinski definition) is 5. The standard InChI is InChI=1S/C50H31N3S.C44H28N2O.C41H27N5/c1-2-13-34(14-3-1)52-44-18-6-4-15-38(44)43-31-36(27-28-47(43)52)51-35-25-23-33-12-9-20-46(42(33)29-35)53(37-26-24-32-11-8-19-45(51)41(32)30-37)48-21-10-17-40-39-16-5-7-22-49(39)54-50(40)48;1-2-9-29(10-3-1)30-19-23-33(24-20-30)45-34-25-21-32-12-7-16-41(39(32)27-34)46(35-26-22-31-11-6-15-40(45)38(31)28-35)42-17-8-14-37-36-13-4-5-18-43(36)47-44(37)42;1-4-12-30(13-5-1)39-42-40(31-14-6-2-7-15-31)44-41(43-39)46-34-25-23-28-16-10-20-37(35(28)27-34)45(32-18-8-3-9-19-32)33-24-22-29-17-11-21-38(46)36(29)26-33/h1-31H;1-28H;1-27H. The van der Waals surface area contributed by atoms with Gasteiger partial charge >= 0.3 is 0 Å². The van der Waals surface area contributed by atoms with Gasteiger partial charge in [-0.25, -0.2) is 4.98 Å². The molecule has 0 spiro atoms. The molecule has 0 fully saturated rings. The lowest BCUT2D eigenvalue weighted by Gasteiger charge is -2.19.